The van der Waals surface area contributed by atoms with Gasteiger partial charge in [0.25, 0.3) is 0 Å². The number of benzene rings is 1. The van der Waals surface area contributed by atoms with Crippen LogP contribution in [0.5, 0.6) is 0 Å². The lowest BCUT2D eigenvalue weighted by atomic mass is 10.0. The van der Waals surface area contributed by atoms with Crippen LogP contribution >= 0.6 is 15.9 Å². The number of rotatable bonds is 1. The standard InChI is InChI=1S/C12H14BrN3O2/c1-18-12(17)16-11-14-7-6-10(15-11)8-4-2-3-5-9(8)13/h2-5,10H,6-7H2,1H3,(H2,14,15,16,17). The quantitative estimate of drug-likeness (QED) is 0.835. The molecule has 96 valence electrons. The second-order valence-electron chi connectivity index (χ2n) is 3.85. The number of nitrogens with zero attached hydrogens (tertiary/aromatic N) is 1. The van der Waals surface area contributed by atoms with Crippen LogP contribution < -0.4 is 10.6 Å². The number of aliphatic imine (C=N–C) groups is 1. The second kappa shape index (κ2) is 5.86. The van der Waals surface area contributed by atoms with Crippen LogP contribution in [-0.4, -0.2) is 25.7 Å². The van der Waals surface area contributed by atoms with Crippen molar-refractivity contribution < 1.29 is 9.53 Å². The summed E-state index contributed by atoms with van der Waals surface area (Å²) in [5.74, 6) is 0.453. The van der Waals surface area contributed by atoms with E-state index >= 15 is 0 Å². The Kier molecular flexibility index (Phi) is 4.19. The lowest BCUT2D eigenvalue weighted by Crippen LogP contribution is -2.45. The van der Waals surface area contributed by atoms with Crippen LogP contribution in [0.2, 0.25) is 0 Å². The first kappa shape index (κ1) is 12.9. The lowest BCUT2D eigenvalue weighted by Gasteiger charge is -2.25. The number of guanidine groups is 1. The van der Waals surface area contributed by atoms with Crippen LogP contribution in [0.15, 0.2) is 33.7 Å². The Hall–Kier alpha value is -1.56. The van der Waals surface area contributed by atoms with E-state index in [4.69, 9.17) is 0 Å². The molecular weight excluding hydrogens is 298 g/mol. The summed E-state index contributed by atoms with van der Waals surface area (Å²) in [6.07, 6.45) is 0.364. The third-order valence-electron chi connectivity index (χ3n) is 2.69. The number of amides is 1. The highest BCUT2D eigenvalue weighted by Gasteiger charge is 2.20. The van der Waals surface area contributed by atoms with Crippen molar-refractivity contribution in [2.45, 2.75) is 12.5 Å². The number of ether oxygens (including phenoxy) is 1. The predicted molar refractivity (Wildman–Crippen MR) is 72.5 cm³/mol. The molecule has 1 aliphatic rings. The molecule has 0 bridgehead atoms. The average molecular weight is 312 g/mol. The van der Waals surface area contributed by atoms with E-state index in [9.17, 15) is 4.79 Å². The summed E-state index contributed by atoms with van der Waals surface area (Å²) in [7, 11) is 1.32. The van der Waals surface area contributed by atoms with Crippen LogP contribution in [0.3, 0.4) is 0 Å². The molecule has 0 radical (unpaired) electrons. The third kappa shape index (κ3) is 3.01. The van der Waals surface area contributed by atoms with E-state index in [2.05, 4.69) is 36.3 Å². The van der Waals surface area contributed by atoms with Crippen molar-refractivity contribution in [1.29, 1.82) is 0 Å². The number of methoxy groups -OCH3 is 1. The van der Waals surface area contributed by atoms with E-state index in [1.54, 1.807) is 0 Å². The summed E-state index contributed by atoms with van der Waals surface area (Å²) in [5, 5.41) is 5.73. The molecule has 1 unspecified atom stereocenters. The van der Waals surface area contributed by atoms with Gasteiger partial charge in [-0.25, -0.2) is 4.79 Å². The summed E-state index contributed by atoms with van der Waals surface area (Å²) in [4.78, 5) is 15.3. The van der Waals surface area contributed by atoms with Crippen molar-refractivity contribution in [3.05, 3.63) is 34.3 Å². The highest BCUT2D eigenvalue weighted by atomic mass is 79.9. The van der Waals surface area contributed by atoms with Gasteiger partial charge in [0.05, 0.1) is 13.2 Å². The number of hydrogen-bond donors (Lipinski definition) is 2. The minimum absolute atomic E-state index is 0.130. The summed E-state index contributed by atoms with van der Waals surface area (Å²) < 4.78 is 5.58. The lowest BCUT2D eigenvalue weighted by molar-refractivity contribution is 0.176. The second-order valence-corrected chi connectivity index (χ2v) is 4.71. The molecule has 1 aromatic carbocycles. The zero-order chi connectivity index (χ0) is 13.0. The molecule has 0 spiro atoms. The average Bonchev–Trinajstić information content (AvgIpc) is 2.39. The zero-order valence-corrected chi connectivity index (χ0v) is 11.5. The van der Waals surface area contributed by atoms with E-state index in [0.29, 0.717) is 12.5 Å². The first-order chi connectivity index (χ1) is 8.70. The fourth-order valence-electron chi connectivity index (χ4n) is 1.80. The smallest absolute Gasteiger partial charge is 0.413 e. The molecule has 1 amide bonds. The van der Waals surface area contributed by atoms with E-state index in [0.717, 1.165) is 16.5 Å². The van der Waals surface area contributed by atoms with E-state index in [-0.39, 0.29) is 6.04 Å². The monoisotopic (exact) mass is 311 g/mol. The fraction of sp³-hybridized carbons (Fsp3) is 0.333. The molecule has 1 atom stereocenters. The Labute approximate surface area is 114 Å². The minimum Gasteiger partial charge on any atom is -0.453 e. The summed E-state index contributed by atoms with van der Waals surface area (Å²) in [6, 6.07) is 8.13. The van der Waals surface area contributed by atoms with Crippen molar-refractivity contribution >= 4 is 28.0 Å². The van der Waals surface area contributed by atoms with Gasteiger partial charge in [0, 0.05) is 11.0 Å². The number of hydrogen-bond acceptors (Lipinski definition) is 4. The van der Waals surface area contributed by atoms with Crippen molar-refractivity contribution in [3.63, 3.8) is 0 Å². The van der Waals surface area contributed by atoms with Gasteiger partial charge in [0.2, 0.25) is 5.96 Å². The van der Waals surface area contributed by atoms with E-state index < -0.39 is 6.09 Å². The molecule has 1 aliphatic heterocycles. The van der Waals surface area contributed by atoms with Gasteiger partial charge in [-0.1, -0.05) is 34.1 Å². The van der Waals surface area contributed by atoms with Gasteiger partial charge in [0.1, 0.15) is 0 Å². The maximum atomic E-state index is 11.1. The molecule has 0 saturated carbocycles. The summed E-state index contributed by atoms with van der Waals surface area (Å²) in [6.45, 7) is 0.665. The largest absolute Gasteiger partial charge is 0.453 e. The molecule has 0 saturated heterocycles. The first-order valence-corrected chi connectivity index (χ1v) is 6.40. The van der Waals surface area contributed by atoms with Crippen LogP contribution in [-0.2, 0) is 4.74 Å². The van der Waals surface area contributed by atoms with Gasteiger partial charge >= 0.3 is 6.09 Å². The van der Waals surface area contributed by atoms with Gasteiger partial charge in [-0.2, -0.15) is 0 Å². The Morgan fingerprint density at radius 2 is 2.33 bits per heavy atom. The van der Waals surface area contributed by atoms with Crippen molar-refractivity contribution in [2.24, 2.45) is 4.99 Å². The van der Waals surface area contributed by atoms with Crippen molar-refractivity contribution in [2.75, 3.05) is 13.7 Å². The van der Waals surface area contributed by atoms with Gasteiger partial charge in [-0.15, -0.1) is 0 Å². The Morgan fingerprint density at radius 1 is 1.56 bits per heavy atom. The third-order valence-corrected chi connectivity index (χ3v) is 3.41. The van der Waals surface area contributed by atoms with Crippen LogP contribution in [0.1, 0.15) is 18.0 Å². The minimum atomic E-state index is -0.519. The molecule has 0 aliphatic carbocycles. The number of carbonyl (C=O) groups is 1. The molecular formula is C12H14BrN3O2. The van der Waals surface area contributed by atoms with Gasteiger partial charge in [-0.3, -0.25) is 10.3 Å². The van der Waals surface area contributed by atoms with Crippen LogP contribution in [0, 0.1) is 0 Å². The maximum absolute atomic E-state index is 11.1. The van der Waals surface area contributed by atoms with Crippen LogP contribution in [0.25, 0.3) is 0 Å². The molecule has 2 N–H and O–H groups in total. The molecule has 2 rings (SSSR count). The Balaban J connectivity index is 2.08. The Morgan fingerprint density at radius 3 is 3.06 bits per heavy atom. The molecule has 5 nitrogen and oxygen atoms in total. The van der Waals surface area contributed by atoms with E-state index in [1.807, 2.05) is 24.3 Å². The number of halogens is 1. The molecule has 1 heterocycles. The molecule has 1 aromatic rings. The van der Waals surface area contributed by atoms with Crippen LogP contribution in [0.4, 0.5) is 4.79 Å². The number of carbonyl (C=O) groups excluding carboxylic acids is 1. The molecule has 0 aromatic heterocycles. The number of nitrogens with one attached hydrogen (secondary N) is 2. The van der Waals surface area contributed by atoms with Gasteiger partial charge in [0.15, 0.2) is 0 Å². The summed E-state index contributed by atoms with van der Waals surface area (Å²) >= 11 is 3.52. The van der Waals surface area contributed by atoms with Gasteiger partial charge < -0.3 is 10.1 Å². The molecule has 18 heavy (non-hydrogen) atoms. The summed E-state index contributed by atoms with van der Waals surface area (Å²) in [5.41, 5.74) is 1.15. The molecule has 0 fully saturated rings. The Bertz CT molecular complexity index is 476. The maximum Gasteiger partial charge on any atom is 0.413 e. The normalized spacial score (nSPS) is 18.6. The van der Waals surface area contributed by atoms with Gasteiger partial charge in [-0.05, 0) is 18.1 Å². The van der Waals surface area contributed by atoms with Crippen molar-refractivity contribution in [3.8, 4) is 0 Å². The predicted octanol–water partition coefficient (Wildman–Crippen LogP) is 2.20. The zero-order valence-electron chi connectivity index (χ0n) is 9.94. The highest BCUT2D eigenvalue weighted by Crippen LogP contribution is 2.26. The topological polar surface area (TPSA) is 62.7 Å². The fourth-order valence-corrected chi connectivity index (χ4v) is 2.36. The number of alkyl carbamates (subject to hydrolysis) is 1. The SMILES string of the molecule is COC(=O)NC1=NCCC(c2ccccc2Br)N1. The highest BCUT2D eigenvalue weighted by molar-refractivity contribution is 9.10. The van der Waals surface area contributed by atoms with Crippen molar-refractivity contribution in [1.82, 2.24) is 10.6 Å². The first-order valence-electron chi connectivity index (χ1n) is 5.61. The van der Waals surface area contributed by atoms with E-state index in [1.165, 1.54) is 7.11 Å². The molecule has 6 heteroatoms.